The van der Waals surface area contributed by atoms with Gasteiger partial charge in [0.05, 0.1) is 10.8 Å². The van der Waals surface area contributed by atoms with Crippen LogP contribution in [0.2, 0.25) is 0 Å². The first-order valence-electron chi connectivity index (χ1n) is 10.8. The lowest BCUT2D eigenvalue weighted by Gasteiger charge is -2.30. The molecule has 0 bridgehead atoms. The van der Waals surface area contributed by atoms with Crippen LogP contribution in [0, 0.1) is 25.6 Å². The van der Waals surface area contributed by atoms with E-state index in [1.165, 1.54) is 16.4 Å². The molecule has 1 saturated carbocycles. The van der Waals surface area contributed by atoms with Crippen LogP contribution in [0.15, 0.2) is 35.2 Å². The van der Waals surface area contributed by atoms with Gasteiger partial charge >= 0.3 is 5.97 Å². The first kappa shape index (κ1) is 22.7. The van der Waals surface area contributed by atoms with E-state index in [2.05, 4.69) is 4.57 Å². The molecule has 1 saturated heterocycles. The van der Waals surface area contributed by atoms with E-state index in [4.69, 9.17) is 4.74 Å². The third-order valence-corrected chi connectivity index (χ3v) is 8.09. The van der Waals surface area contributed by atoms with Gasteiger partial charge in [0.2, 0.25) is 15.8 Å². The summed E-state index contributed by atoms with van der Waals surface area (Å²) in [5.74, 6) is -2.00. The average Bonchev–Trinajstić information content (AvgIpc) is 3.56. The molecule has 7 nitrogen and oxygen atoms in total. The van der Waals surface area contributed by atoms with Crippen LogP contribution >= 0.6 is 0 Å². The number of ether oxygens (including phenoxy) is 1. The van der Waals surface area contributed by atoms with Crippen LogP contribution in [0.25, 0.3) is 0 Å². The molecule has 172 valence electrons. The van der Waals surface area contributed by atoms with Crippen molar-refractivity contribution in [2.75, 3.05) is 19.7 Å². The molecular formula is C23H27FN2O5S. The molecule has 0 spiro atoms. The number of piperidine rings is 1. The summed E-state index contributed by atoms with van der Waals surface area (Å²) in [6, 6.07) is 6.90. The van der Waals surface area contributed by atoms with E-state index in [1.54, 1.807) is 0 Å². The summed E-state index contributed by atoms with van der Waals surface area (Å²) in [7, 11) is -3.84. The molecule has 2 aromatic rings. The van der Waals surface area contributed by atoms with Crippen molar-refractivity contribution in [1.29, 1.82) is 0 Å². The van der Waals surface area contributed by atoms with Gasteiger partial charge in [-0.2, -0.15) is 4.31 Å². The third kappa shape index (κ3) is 4.49. The largest absolute Gasteiger partial charge is 0.457 e. The van der Waals surface area contributed by atoms with Gasteiger partial charge in [-0.3, -0.25) is 9.59 Å². The van der Waals surface area contributed by atoms with Crippen molar-refractivity contribution in [3.8, 4) is 0 Å². The summed E-state index contributed by atoms with van der Waals surface area (Å²) in [5.41, 5.74) is 2.47. The number of rotatable bonds is 7. The fraction of sp³-hybridized carbons (Fsp3) is 0.478. The molecule has 0 unspecified atom stereocenters. The Labute approximate surface area is 187 Å². The van der Waals surface area contributed by atoms with Gasteiger partial charge in [0.15, 0.2) is 6.61 Å². The van der Waals surface area contributed by atoms with Crippen molar-refractivity contribution in [2.24, 2.45) is 5.92 Å². The average molecular weight is 463 g/mol. The number of benzene rings is 1. The molecule has 9 heteroatoms. The number of sulfonamides is 1. The van der Waals surface area contributed by atoms with Gasteiger partial charge in [-0.25, -0.2) is 12.8 Å². The van der Waals surface area contributed by atoms with E-state index in [0.29, 0.717) is 24.4 Å². The molecule has 0 radical (unpaired) electrons. The van der Waals surface area contributed by atoms with E-state index in [1.807, 2.05) is 19.9 Å². The van der Waals surface area contributed by atoms with E-state index < -0.39 is 27.7 Å². The molecule has 1 aromatic heterocycles. The van der Waals surface area contributed by atoms with Crippen LogP contribution in [-0.4, -0.2) is 48.7 Å². The van der Waals surface area contributed by atoms with Gasteiger partial charge < -0.3 is 9.30 Å². The standard InChI is InChI=1S/C23H27FN2O5S/c1-15-12-21(16(2)26(15)19-7-8-19)22(27)14-31-23(28)17-4-3-11-25(13-17)32(29,30)20-9-5-18(24)6-10-20/h5-6,9-10,12,17,19H,3-4,7-8,11,13-14H2,1-2H3/t17-/m1/s1. The van der Waals surface area contributed by atoms with E-state index >= 15 is 0 Å². The topological polar surface area (TPSA) is 85.7 Å². The number of Topliss-reactive ketones (excluding diaryl/α,β-unsaturated/α-hetero) is 1. The fourth-order valence-corrected chi connectivity index (χ4v) is 5.92. The van der Waals surface area contributed by atoms with Gasteiger partial charge in [0.1, 0.15) is 5.82 Å². The normalized spacial score (nSPS) is 19.7. The summed E-state index contributed by atoms with van der Waals surface area (Å²) < 4.78 is 47.5. The third-order valence-electron chi connectivity index (χ3n) is 6.21. The molecule has 1 aliphatic heterocycles. The summed E-state index contributed by atoms with van der Waals surface area (Å²) in [5, 5.41) is 0. The Morgan fingerprint density at radius 1 is 1.12 bits per heavy atom. The highest BCUT2D eigenvalue weighted by Crippen LogP contribution is 2.38. The van der Waals surface area contributed by atoms with Gasteiger partial charge in [-0.05, 0) is 69.9 Å². The molecule has 1 aromatic carbocycles. The summed E-state index contributed by atoms with van der Waals surface area (Å²) >= 11 is 0. The maximum Gasteiger partial charge on any atom is 0.310 e. The number of halogens is 1. The quantitative estimate of drug-likeness (QED) is 0.465. The summed E-state index contributed by atoms with van der Waals surface area (Å²) in [6.07, 6.45) is 3.20. The van der Waals surface area contributed by atoms with E-state index in [0.717, 1.165) is 36.4 Å². The van der Waals surface area contributed by atoms with Crippen molar-refractivity contribution in [2.45, 2.75) is 50.5 Å². The van der Waals surface area contributed by atoms with Crippen molar-refractivity contribution in [1.82, 2.24) is 8.87 Å². The SMILES string of the molecule is Cc1cc(C(=O)COC(=O)[C@@H]2CCCN(S(=O)(=O)c3ccc(F)cc3)C2)c(C)n1C1CC1. The Morgan fingerprint density at radius 2 is 1.81 bits per heavy atom. The second-order valence-corrected chi connectivity index (χ2v) is 10.5. The molecule has 0 N–H and O–H groups in total. The molecule has 1 atom stereocenters. The lowest BCUT2D eigenvalue weighted by atomic mass is 10.00. The summed E-state index contributed by atoms with van der Waals surface area (Å²) in [6.45, 7) is 3.75. The van der Waals surface area contributed by atoms with Gasteiger partial charge in [0.25, 0.3) is 0 Å². The van der Waals surface area contributed by atoms with E-state index in [-0.39, 0.29) is 30.4 Å². The molecule has 1 aliphatic carbocycles. The highest BCUT2D eigenvalue weighted by Gasteiger charge is 2.34. The zero-order chi connectivity index (χ0) is 23.0. The zero-order valence-corrected chi connectivity index (χ0v) is 19.0. The maximum atomic E-state index is 13.1. The molecule has 2 heterocycles. The fourth-order valence-electron chi connectivity index (χ4n) is 4.40. The first-order valence-corrected chi connectivity index (χ1v) is 12.3. The molecule has 0 amide bonds. The highest BCUT2D eigenvalue weighted by molar-refractivity contribution is 7.89. The molecule has 32 heavy (non-hydrogen) atoms. The van der Waals surface area contributed by atoms with Crippen LogP contribution in [-0.2, 0) is 19.6 Å². The number of esters is 1. The van der Waals surface area contributed by atoms with Crippen molar-refractivity contribution in [3.63, 3.8) is 0 Å². The highest BCUT2D eigenvalue weighted by atomic mass is 32.2. The smallest absolute Gasteiger partial charge is 0.310 e. The number of nitrogens with zero attached hydrogens (tertiary/aromatic N) is 2. The second-order valence-electron chi connectivity index (χ2n) is 8.57. The maximum absolute atomic E-state index is 13.1. The van der Waals surface area contributed by atoms with Crippen LogP contribution in [0.3, 0.4) is 0 Å². The number of hydrogen-bond acceptors (Lipinski definition) is 5. The lowest BCUT2D eigenvalue weighted by Crippen LogP contribution is -2.43. The number of aromatic nitrogens is 1. The molecular weight excluding hydrogens is 435 g/mol. The minimum Gasteiger partial charge on any atom is -0.457 e. The molecule has 2 aliphatic rings. The first-order chi connectivity index (χ1) is 15.2. The second kappa shape index (κ2) is 8.78. The van der Waals surface area contributed by atoms with Crippen LogP contribution < -0.4 is 0 Å². The van der Waals surface area contributed by atoms with Crippen LogP contribution in [0.4, 0.5) is 4.39 Å². The number of ketones is 1. The number of aryl methyl sites for hydroxylation is 1. The van der Waals surface area contributed by atoms with Crippen molar-refractivity contribution in [3.05, 3.63) is 53.1 Å². The molecule has 2 fully saturated rings. The Kier molecular flexibility index (Phi) is 6.22. The Morgan fingerprint density at radius 3 is 2.47 bits per heavy atom. The van der Waals surface area contributed by atoms with Crippen LogP contribution in [0.5, 0.6) is 0 Å². The Balaban J connectivity index is 1.38. The predicted molar refractivity (Wildman–Crippen MR) is 115 cm³/mol. The van der Waals surface area contributed by atoms with Gasteiger partial charge in [0, 0.05) is 36.1 Å². The summed E-state index contributed by atoms with van der Waals surface area (Å²) in [4.78, 5) is 25.3. The van der Waals surface area contributed by atoms with Crippen LogP contribution in [0.1, 0.15) is 53.5 Å². The number of carbonyl (C=O) groups excluding carboxylic acids is 2. The monoisotopic (exact) mass is 462 g/mol. The Hall–Kier alpha value is -2.52. The minimum atomic E-state index is -3.84. The minimum absolute atomic E-state index is 0.0193. The molecule has 4 rings (SSSR count). The van der Waals surface area contributed by atoms with E-state index in [9.17, 15) is 22.4 Å². The van der Waals surface area contributed by atoms with Crippen molar-refractivity contribution >= 4 is 21.8 Å². The Bertz CT molecular complexity index is 1140. The van der Waals surface area contributed by atoms with Gasteiger partial charge in [-0.1, -0.05) is 0 Å². The lowest BCUT2D eigenvalue weighted by molar-refractivity contribution is -0.148. The number of hydrogen-bond donors (Lipinski definition) is 0. The zero-order valence-electron chi connectivity index (χ0n) is 18.2. The predicted octanol–water partition coefficient (Wildman–Crippen LogP) is 3.41. The number of carbonyl (C=O) groups is 2. The van der Waals surface area contributed by atoms with Crippen molar-refractivity contribution < 1.29 is 27.1 Å². The van der Waals surface area contributed by atoms with Gasteiger partial charge in [-0.15, -0.1) is 0 Å².